The quantitative estimate of drug-likeness (QED) is 0.623. The topological polar surface area (TPSA) is 48.1 Å². The zero-order valence-electron chi connectivity index (χ0n) is 7.56. The SMILES string of the molecule is CO[C@H]1O[C@H](CSC(C)=O)[C@H]2O[C@@H]12. The third-order valence-corrected chi connectivity index (χ3v) is 3.09. The van der Waals surface area contributed by atoms with Gasteiger partial charge in [-0.25, -0.2) is 0 Å². The van der Waals surface area contributed by atoms with E-state index in [-0.39, 0.29) is 29.7 Å². The highest BCUT2D eigenvalue weighted by molar-refractivity contribution is 8.13. The van der Waals surface area contributed by atoms with Gasteiger partial charge in [0, 0.05) is 19.8 Å². The molecule has 2 aliphatic rings. The predicted molar refractivity (Wildman–Crippen MR) is 47.5 cm³/mol. The van der Waals surface area contributed by atoms with Gasteiger partial charge < -0.3 is 14.2 Å². The third kappa shape index (κ3) is 1.88. The van der Waals surface area contributed by atoms with E-state index in [2.05, 4.69) is 0 Å². The summed E-state index contributed by atoms with van der Waals surface area (Å²) in [5.41, 5.74) is 0. The lowest BCUT2D eigenvalue weighted by molar-refractivity contribution is -0.152. The van der Waals surface area contributed by atoms with Gasteiger partial charge >= 0.3 is 0 Å². The summed E-state index contributed by atoms with van der Waals surface area (Å²) in [5.74, 6) is 0.663. The summed E-state index contributed by atoms with van der Waals surface area (Å²) in [6.45, 7) is 1.55. The number of hydrogen-bond donors (Lipinski definition) is 0. The van der Waals surface area contributed by atoms with Gasteiger partial charge in [-0.15, -0.1) is 0 Å². The second-order valence-electron chi connectivity index (χ2n) is 3.15. The third-order valence-electron chi connectivity index (χ3n) is 2.19. The van der Waals surface area contributed by atoms with Crippen molar-refractivity contribution in [2.75, 3.05) is 12.9 Å². The lowest BCUT2D eigenvalue weighted by atomic mass is 10.2. The molecule has 0 bridgehead atoms. The number of hydrogen-bond acceptors (Lipinski definition) is 5. The van der Waals surface area contributed by atoms with Crippen LogP contribution >= 0.6 is 11.8 Å². The second kappa shape index (κ2) is 3.57. The van der Waals surface area contributed by atoms with Crippen LogP contribution in [-0.4, -0.2) is 42.6 Å². The average molecular weight is 204 g/mol. The molecule has 0 radical (unpaired) electrons. The van der Waals surface area contributed by atoms with Crippen molar-refractivity contribution in [2.24, 2.45) is 0 Å². The molecule has 4 nitrogen and oxygen atoms in total. The number of carbonyl (C=O) groups excluding carboxylic acids is 1. The van der Waals surface area contributed by atoms with Gasteiger partial charge in [-0.1, -0.05) is 11.8 Å². The lowest BCUT2D eigenvalue weighted by Crippen LogP contribution is -2.23. The first-order chi connectivity index (χ1) is 6.22. The number of ether oxygens (including phenoxy) is 3. The molecule has 74 valence electrons. The molecule has 0 aliphatic carbocycles. The largest absolute Gasteiger partial charge is 0.361 e. The molecule has 2 saturated heterocycles. The molecular weight excluding hydrogens is 192 g/mol. The van der Waals surface area contributed by atoms with Crippen LogP contribution in [-0.2, 0) is 19.0 Å². The first-order valence-electron chi connectivity index (χ1n) is 4.19. The molecule has 0 spiro atoms. The minimum atomic E-state index is -0.234. The fraction of sp³-hybridized carbons (Fsp3) is 0.875. The van der Waals surface area contributed by atoms with Crippen LogP contribution < -0.4 is 0 Å². The van der Waals surface area contributed by atoms with E-state index in [4.69, 9.17) is 14.2 Å². The maximum Gasteiger partial charge on any atom is 0.186 e. The van der Waals surface area contributed by atoms with Crippen LogP contribution in [0.3, 0.4) is 0 Å². The Morgan fingerprint density at radius 2 is 2.23 bits per heavy atom. The van der Waals surface area contributed by atoms with Crippen molar-refractivity contribution in [1.82, 2.24) is 0 Å². The molecule has 0 unspecified atom stereocenters. The summed E-state index contributed by atoms with van der Waals surface area (Å²) >= 11 is 1.27. The molecule has 13 heavy (non-hydrogen) atoms. The Morgan fingerprint density at radius 3 is 2.77 bits per heavy atom. The lowest BCUT2D eigenvalue weighted by Gasteiger charge is -2.14. The Kier molecular flexibility index (Phi) is 2.60. The summed E-state index contributed by atoms with van der Waals surface area (Å²) in [7, 11) is 1.60. The Morgan fingerprint density at radius 1 is 1.46 bits per heavy atom. The molecule has 4 atom stereocenters. The Hall–Kier alpha value is -0.100. The van der Waals surface area contributed by atoms with E-state index >= 15 is 0 Å². The Labute approximate surface area is 80.9 Å². The first kappa shape index (κ1) is 9.45. The summed E-state index contributed by atoms with van der Waals surface area (Å²) in [6.07, 6.45) is 0.0331. The van der Waals surface area contributed by atoms with Crippen molar-refractivity contribution in [3.05, 3.63) is 0 Å². The van der Waals surface area contributed by atoms with Crippen LogP contribution in [0.15, 0.2) is 0 Å². The number of methoxy groups -OCH3 is 1. The van der Waals surface area contributed by atoms with E-state index in [0.29, 0.717) is 5.75 Å². The maximum absolute atomic E-state index is 10.7. The first-order valence-corrected chi connectivity index (χ1v) is 5.18. The highest BCUT2D eigenvalue weighted by atomic mass is 32.2. The van der Waals surface area contributed by atoms with Gasteiger partial charge in [0.2, 0.25) is 0 Å². The van der Waals surface area contributed by atoms with Gasteiger partial charge in [0.1, 0.15) is 12.2 Å². The van der Waals surface area contributed by atoms with Gasteiger partial charge in [-0.3, -0.25) is 4.79 Å². The summed E-state index contributed by atoms with van der Waals surface area (Å²) in [5, 5.41) is 0.113. The summed E-state index contributed by atoms with van der Waals surface area (Å²) in [4.78, 5) is 10.7. The van der Waals surface area contributed by atoms with Crippen LogP contribution in [0.25, 0.3) is 0 Å². The molecule has 2 rings (SSSR count). The van der Waals surface area contributed by atoms with Crippen LogP contribution in [0, 0.1) is 0 Å². The Balaban J connectivity index is 1.80. The molecule has 0 aromatic carbocycles. The smallest absolute Gasteiger partial charge is 0.186 e. The van der Waals surface area contributed by atoms with Crippen LogP contribution in [0.1, 0.15) is 6.92 Å². The predicted octanol–water partition coefficient (Wildman–Crippen LogP) is 0.405. The van der Waals surface area contributed by atoms with Crippen molar-refractivity contribution >= 4 is 16.9 Å². The van der Waals surface area contributed by atoms with Crippen LogP contribution in [0.2, 0.25) is 0 Å². The number of thioether (sulfide) groups is 1. The fourth-order valence-corrected chi connectivity index (χ4v) is 2.17. The van der Waals surface area contributed by atoms with Gasteiger partial charge in [0.05, 0.1) is 6.10 Å². The number of epoxide rings is 1. The molecule has 2 heterocycles. The normalized spacial score (nSPS) is 41.7. The standard InChI is InChI=1S/C8H12O4S/c1-4(9)13-3-5-6-7(12-6)8(10-2)11-5/h5-8H,3H2,1-2H3/t5-,6-,7-,8+/m1/s1. The molecule has 0 saturated carbocycles. The summed E-state index contributed by atoms with van der Waals surface area (Å²) < 4.78 is 15.9. The van der Waals surface area contributed by atoms with E-state index in [1.54, 1.807) is 14.0 Å². The molecular formula is C8H12O4S. The van der Waals surface area contributed by atoms with Gasteiger partial charge in [0.15, 0.2) is 11.4 Å². The van der Waals surface area contributed by atoms with E-state index in [1.165, 1.54) is 11.8 Å². The van der Waals surface area contributed by atoms with Crippen LogP contribution in [0.5, 0.6) is 0 Å². The minimum absolute atomic E-state index is 0.0175. The number of rotatable bonds is 3. The number of carbonyl (C=O) groups is 1. The highest BCUT2D eigenvalue weighted by Gasteiger charge is 2.58. The number of fused-ring (bicyclic) bond motifs is 1. The van der Waals surface area contributed by atoms with Crippen molar-refractivity contribution in [3.8, 4) is 0 Å². The monoisotopic (exact) mass is 204 g/mol. The Bertz CT molecular complexity index is 220. The van der Waals surface area contributed by atoms with Crippen molar-refractivity contribution in [1.29, 1.82) is 0 Å². The van der Waals surface area contributed by atoms with E-state index < -0.39 is 0 Å². The van der Waals surface area contributed by atoms with E-state index in [0.717, 1.165) is 0 Å². The van der Waals surface area contributed by atoms with Crippen molar-refractivity contribution in [3.63, 3.8) is 0 Å². The van der Waals surface area contributed by atoms with E-state index in [1.807, 2.05) is 0 Å². The maximum atomic E-state index is 10.7. The van der Waals surface area contributed by atoms with Gasteiger partial charge in [-0.2, -0.15) is 0 Å². The molecule has 0 amide bonds. The fourth-order valence-electron chi connectivity index (χ4n) is 1.50. The van der Waals surface area contributed by atoms with Gasteiger partial charge in [0.25, 0.3) is 0 Å². The minimum Gasteiger partial charge on any atom is -0.361 e. The summed E-state index contributed by atoms with van der Waals surface area (Å²) in [6, 6.07) is 0. The van der Waals surface area contributed by atoms with E-state index in [9.17, 15) is 4.79 Å². The molecule has 0 aromatic heterocycles. The second-order valence-corrected chi connectivity index (χ2v) is 4.34. The zero-order chi connectivity index (χ0) is 9.42. The van der Waals surface area contributed by atoms with Crippen LogP contribution in [0.4, 0.5) is 0 Å². The molecule has 2 fully saturated rings. The van der Waals surface area contributed by atoms with Gasteiger partial charge in [-0.05, 0) is 0 Å². The highest BCUT2D eigenvalue weighted by Crippen LogP contribution is 2.40. The van der Waals surface area contributed by atoms with Crippen molar-refractivity contribution < 1.29 is 19.0 Å². The molecule has 0 aromatic rings. The molecule has 2 aliphatic heterocycles. The average Bonchev–Trinajstić information content (AvgIpc) is 2.80. The molecule has 0 N–H and O–H groups in total. The molecule has 5 heteroatoms. The van der Waals surface area contributed by atoms with Crippen molar-refractivity contribution in [2.45, 2.75) is 31.5 Å². The zero-order valence-corrected chi connectivity index (χ0v) is 8.37.